The number of hydrogen-bond donors (Lipinski definition) is 8. The number of nitrogens with zero attached hydrogens (tertiary/aromatic N) is 6. The molecule has 22 heteroatoms. The Bertz CT molecular complexity index is 4130. The molecule has 0 aliphatic rings. The summed E-state index contributed by atoms with van der Waals surface area (Å²) in [6.45, 7) is 17.8. The van der Waals surface area contributed by atoms with E-state index in [1.165, 1.54) is 0 Å². The Labute approximate surface area is 537 Å². The molecule has 6 aromatic carbocycles. The second-order valence-electron chi connectivity index (χ2n) is 23.1. The molecule has 8 rings (SSSR count). The minimum atomic E-state index is -5.39. The van der Waals surface area contributed by atoms with Crippen molar-refractivity contribution in [2.45, 2.75) is 85.2 Å². The van der Waals surface area contributed by atoms with Crippen molar-refractivity contribution in [1.82, 2.24) is 31.0 Å². The van der Waals surface area contributed by atoms with Crippen LogP contribution in [0.5, 0.6) is 0 Å². The van der Waals surface area contributed by atoms with Crippen LogP contribution in [0.1, 0.15) is 89.5 Å². The van der Waals surface area contributed by atoms with Gasteiger partial charge in [-0.05, 0) is 159 Å². The standard InChI is InChI=1S/C70H89N12O9P/c1-11-18-63(81(15-5)56-37-39-59-61(46-56)67(85)75-73-65(59)83)71-42-44-79(13-3)54-31-23-49(24-32-54)58(48-21-29-52(30-22-48)77(7)8)20-17-41-70(91-92(89,90)69(87)88,50-25-33-53(34-26-50)78(9)10)51-27-35-55(36-28-51)80(14-4)45-43-72-64(19-12-2)82(16-6)57-38-40-60-62(47-57)68(86)76-74-66(60)84/h17,20-41,46-47,63-64,71-72H,11-16,18-19,42-45H2,1-10H3,(H,73,83)(H,74,84)(H,75,85)(H,76,86)(H,87,88)(H,89,90). The summed E-state index contributed by atoms with van der Waals surface area (Å²) in [5.41, 5.74) is 3.45. The fourth-order valence-electron chi connectivity index (χ4n) is 11.9. The number of rotatable bonds is 33. The highest BCUT2D eigenvalue weighted by molar-refractivity contribution is 7.70. The van der Waals surface area contributed by atoms with Crippen molar-refractivity contribution in [2.24, 2.45) is 0 Å². The summed E-state index contributed by atoms with van der Waals surface area (Å²) in [5.74, 6) is 0. The Balaban J connectivity index is 1.10. The van der Waals surface area contributed by atoms with Gasteiger partial charge < -0.3 is 39.4 Å². The normalized spacial score (nSPS) is 13.8. The second-order valence-corrected chi connectivity index (χ2v) is 24.7. The van der Waals surface area contributed by atoms with Crippen LogP contribution in [0.4, 0.5) is 38.9 Å². The lowest BCUT2D eigenvalue weighted by atomic mass is 9.85. The van der Waals surface area contributed by atoms with E-state index >= 15 is 0 Å². The summed E-state index contributed by atoms with van der Waals surface area (Å²) < 4.78 is 20.2. The summed E-state index contributed by atoms with van der Waals surface area (Å²) in [6, 6.07) is 41.9. The predicted octanol–water partition coefficient (Wildman–Crippen LogP) is 10.8. The van der Waals surface area contributed by atoms with Gasteiger partial charge >= 0.3 is 13.3 Å². The van der Waals surface area contributed by atoms with E-state index in [1.807, 2.05) is 117 Å². The lowest BCUT2D eigenvalue weighted by Gasteiger charge is -2.35. The average Bonchev–Trinajstić information content (AvgIpc) is 0.881. The molecule has 92 heavy (non-hydrogen) atoms. The van der Waals surface area contributed by atoms with Gasteiger partial charge in [0, 0.05) is 115 Å². The van der Waals surface area contributed by atoms with Crippen LogP contribution in [-0.4, -0.2) is 129 Å². The number of fused-ring (bicyclic) bond motifs is 2. The van der Waals surface area contributed by atoms with E-state index in [4.69, 9.17) is 4.52 Å². The van der Waals surface area contributed by atoms with Crippen LogP contribution < -0.4 is 62.3 Å². The zero-order chi connectivity index (χ0) is 66.3. The van der Waals surface area contributed by atoms with E-state index < -0.39 is 18.9 Å². The predicted molar refractivity (Wildman–Crippen MR) is 376 cm³/mol. The van der Waals surface area contributed by atoms with Crippen LogP contribution in [0.25, 0.3) is 27.1 Å². The van der Waals surface area contributed by atoms with Gasteiger partial charge in [0.2, 0.25) is 0 Å². The first kappa shape index (κ1) is 68.9. The first-order chi connectivity index (χ1) is 44.2. The summed E-state index contributed by atoms with van der Waals surface area (Å²) in [6.07, 6.45) is 8.67. The molecule has 488 valence electrons. The Morgan fingerprint density at radius 2 is 0.880 bits per heavy atom. The molecule has 0 aliphatic carbocycles. The monoisotopic (exact) mass is 1270 g/mol. The third-order valence-electron chi connectivity index (χ3n) is 16.9. The van der Waals surface area contributed by atoms with Gasteiger partial charge in [0.05, 0.1) is 33.9 Å². The quantitative estimate of drug-likeness (QED) is 0.0108. The summed E-state index contributed by atoms with van der Waals surface area (Å²) in [4.78, 5) is 87.4. The fourth-order valence-corrected chi connectivity index (χ4v) is 12.6. The molecule has 2 aromatic heterocycles. The zero-order valence-electron chi connectivity index (χ0n) is 54.5. The van der Waals surface area contributed by atoms with E-state index in [9.17, 15) is 38.5 Å². The van der Waals surface area contributed by atoms with Crippen molar-refractivity contribution in [3.63, 3.8) is 0 Å². The molecular formula is C70H89N12O9P. The SMILES string of the molecule is CCCC(NCCN(CC)c1ccc(C(=CC=CC(OP(=O)(O)C(=O)O)(c2ccc(N(C)C)cc2)c2ccc(N(CC)CCNC(CCC)N(CC)c3ccc4c(=O)[nH][nH]c(=O)c4c3)cc2)c2ccc(N(C)C)cc2)cc1)N(CC)c1ccc2c(=O)[nH][nH]c(=O)c2c1. The van der Waals surface area contributed by atoms with Crippen LogP contribution in [0, 0.1) is 0 Å². The number of allylic oxidation sites excluding steroid dienone is 2. The minimum absolute atomic E-state index is 0.0390. The summed E-state index contributed by atoms with van der Waals surface area (Å²) in [7, 11) is 2.37. The number of nitrogens with one attached hydrogen (secondary N) is 6. The van der Waals surface area contributed by atoms with E-state index in [1.54, 1.807) is 48.6 Å². The third-order valence-corrected chi connectivity index (χ3v) is 17.9. The molecule has 8 aromatic rings. The Morgan fingerprint density at radius 3 is 1.24 bits per heavy atom. The number of aromatic nitrogens is 4. The lowest BCUT2D eigenvalue weighted by molar-refractivity contribution is 0.132. The molecule has 2 heterocycles. The van der Waals surface area contributed by atoms with Crippen LogP contribution in [0.15, 0.2) is 171 Å². The van der Waals surface area contributed by atoms with E-state index in [0.29, 0.717) is 78.5 Å². The number of aromatic amines is 4. The molecule has 0 radical (unpaired) electrons. The molecule has 0 amide bonds. The maximum atomic E-state index is 14.0. The first-order valence-electron chi connectivity index (χ1n) is 31.6. The highest BCUT2D eigenvalue weighted by Crippen LogP contribution is 2.53. The van der Waals surface area contributed by atoms with E-state index in [2.05, 4.69) is 116 Å². The maximum absolute atomic E-state index is 14.0. The highest BCUT2D eigenvalue weighted by atomic mass is 31.2. The maximum Gasteiger partial charge on any atom is 0.437 e. The summed E-state index contributed by atoms with van der Waals surface area (Å²) >= 11 is 0. The number of H-pyrrole nitrogens is 4. The number of likely N-dealkylation sites (N-methyl/N-ethyl adjacent to an activating group) is 2. The molecule has 0 spiro atoms. The zero-order valence-corrected chi connectivity index (χ0v) is 55.4. The molecule has 4 atom stereocenters. The van der Waals surface area contributed by atoms with Crippen molar-refractivity contribution < 1.29 is 23.9 Å². The van der Waals surface area contributed by atoms with Gasteiger partial charge in [-0.15, -0.1) is 0 Å². The van der Waals surface area contributed by atoms with Gasteiger partial charge in [0.1, 0.15) is 5.60 Å². The first-order valence-corrected chi connectivity index (χ1v) is 33.2. The highest BCUT2D eigenvalue weighted by Gasteiger charge is 2.44. The number of anilines is 6. The Kier molecular flexibility index (Phi) is 23.5. The molecular weight excluding hydrogens is 1180 g/mol. The molecule has 0 saturated carbocycles. The third kappa shape index (κ3) is 16.0. The van der Waals surface area contributed by atoms with Gasteiger partial charge in [0.25, 0.3) is 22.2 Å². The largest absolute Gasteiger partial charge is 0.472 e. The van der Waals surface area contributed by atoms with Gasteiger partial charge in [-0.1, -0.05) is 87.4 Å². The lowest BCUT2D eigenvalue weighted by Crippen LogP contribution is -2.48. The van der Waals surface area contributed by atoms with Crippen LogP contribution >= 0.6 is 7.60 Å². The molecule has 21 nitrogen and oxygen atoms in total. The molecule has 0 bridgehead atoms. The molecule has 0 aliphatic heterocycles. The average molecular weight is 1270 g/mol. The van der Waals surface area contributed by atoms with Crippen molar-refractivity contribution in [1.29, 1.82) is 0 Å². The number of carboxylic acid groups (broad SMARTS) is 1. The fraction of sp³-hybridized carbons (Fsp3) is 0.357. The second kappa shape index (κ2) is 31.4. The number of hydrogen-bond acceptors (Lipinski definition) is 15. The molecule has 4 unspecified atom stereocenters. The smallest absolute Gasteiger partial charge is 0.437 e. The van der Waals surface area contributed by atoms with Crippen LogP contribution in [0.3, 0.4) is 0 Å². The van der Waals surface area contributed by atoms with Crippen molar-refractivity contribution in [3.05, 3.63) is 215 Å². The minimum Gasteiger partial charge on any atom is -0.472 e. The van der Waals surface area contributed by atoms with E-state index in [-0.39, 0.29) is 34.6 Å². The van der Waals surface area contributed by atoms with E-state index in [0.717, 1.165) is 83.1 Å². The molecule has 0 fully saturated rings. The Morgan fingerprint density at radius 1 is 0.522 bits per heavy atom. The Hall–Kier alpha value is -8.98. The van der Waals surface area contributed by atoms with Gasteiger partial charge in [-0.3, -0.25) is 54.7 Å². The summed E-state index contributed by atoms with van der Waals surface area (Å²) in [5, 5.41) is 28.8. The van der Waals surface area contributed by atoms with Gasteiger partial charge in [-0.2, -0.15) is 0 Å². The van der Waals surface area contributed by atoms with Crippen LogP contribution in [0.2, 0.25) is 0 Å². The molecule has 8 N–H and O–H groups in total. The van der Waals surface area contributed by atoms with Gasteiger partial charge in [-0.25, -0.2) is 9.36 Å². The number of benzene rings is 6. The van der Waals surface area contributed by atoms with Crippen molar-refractivity contribution in [2.75, 3.05) is 110 Å². The van der Waals surface area contributed by atoms with Crippen molar-refractivity contribution >= 4 is 74.5 Å². The molecule has 0 saturated heterocycles. The number of carbonyl (C=O) groups is 1. The van der Waals surface area contributed by atoms with Crippen molar-refractivity contribution in [3.8, 4) is 0 Å². The topological polar surface area (TPSA) is 259 Å². The van der Waals surface area contributed by atoms with Gasteiger partial charge in [0.15, 0.2) is 0 Å². The van der Waals surface area contributed by atoms with Crippen LogP contribution in [-0.2, 0) is 14.7 Å².